The molecular formula is C22H24N2O3S. The average Bonchev–Trinajstić information content (AvgIpc) is 3.14. The molecule has 0 radical (unpaired) electrons. The molecule has 0 saturated heterocycles. The summed E-state index contributed by atoms with van der Waals surface area (Å²) in [5, 5.41) is 3.28. The highest BCUT2D eigenvalue weighted by atomic mass is 32.2. The van der Waals surface area contributed by atoms with Crippen molar-refractivity contribution >= 4 is 15.7 Å². The first-order chi connectivity index (χ1) is 13.5. The van der Waals surface area contributed by atoms with Gasteiger partial charge in [0.2, 0.25) is 26.6 Å². The molecule has 1 aliphatic rings. The monoisotopic (exact) mass is 396 g/mol. The van der Waals surface area contributed by atoms with Crippen molar-refractivity contribution in [1.82, 2.24) is 4.98 Å². The first-order valence-corrected chi connectivity index (χ1v) is 11.2. The van der Waals surface area contributed by atoms with Gasteiger partial charge in [-0.2, -0.15) is 4.98 Å². The molecule has 1 heterocycles. The zero-order chi connectivity index (χ0) is 19.6. The van der Waals surface area contributed by atoms with Gasteiger partial charge in [0.05, 0.1) is 4.90 Å². The van der Waals surface area contributed by atoms with Crippen LogP contribution in [0.5, 0.6) is 0 Å². The Morgan fingerprint density at radius 1 is 1.00 bits per heavy atom. The predicted octanol–water partition coefficient (Wildman–Crippen LogP) is 5.23. The second-order valence-corrected chi connectivity index (χ2v) is 9.18. The van der Waals surface area contributed by atoms with Gasteiger partial charge in [0, 0.05) is 11.6 Å². The summed E-state index contributed by atoms with van der Waals surface area (Å²) in [4.78, 5) is 4.63. The number of rotatable bonds is 5. The molecule has 0 aliphatic heterocycles. The Kier molecular flexibility index (Phi) is 5.22. The summed E-state index contributed by atoms with van der Waals surface area (Å²) in [5.74, 6) is 0.559. The van der Waals surface area contributed by atoms with Gasteiger partial charge >= 0.3 is 0 Å². The molecule has 1 saturated carbocycles. The Bertz CT molecular complexity index is 1050. The van der Waals surface area contributed by atoms with Crippen molar-refractivity contribution in [3.05, 3.63) is 60.2 Å². The van der Waals surface area contributed by atoms with Gasteiger partial charge < -0.3 is 9.73 Å². The number of aromatic nitrogens is 1. The molecule has 1 fully saturated rings. The van der Waals surface area contributed by atoms with Crippen molar-refractivity contribution in [3.8, 4) is 11.5 Å². The van der Waals surface area contributed by atoms with Gasteiger partial charge in [0.25, 0.3) is 0 Å². The predicted molar refractivity (Wildman–Crippen MR) is 109 cm³/mol. The van der Waals surface area contributed by atoms with Gasteiger partial charge in [-0.3, -0.25) is 0 Å². The summed E-state index contributed by atoms with van der Waals surface area (Å²) in [5.41, 5.74) is 1.83. The lowest BCUT2D eigenvalue weighted by Crippen LogP contribution is -2.23. The molecule has 28 heavy (non-hydrogen) atoms. The van der Waals surface area contributed by atoms with Crippen LogP contribution in [-0.4, -0.2) is 19.4 Å². The number of benzene rings is 2. The van der Waals surface area contributed by atoms with E-state index in [2.05, 4.69) is 10.3 Å². The van der Waals surface area contributed by atoms with Gasteiger partial charge in [-0.25, -0.2) is 8.42 Å². The number of aryl methyl sites for hydroxylation is 1. The second-order valence-electron chi connectivity index (χ2n) is 7.32. The molecule has 0 spiro atoms. The Morgan fingerprint density at radius 3 is 2.46 bits per heavy atom. The Hall–Kier alpha value is -2.60. The molecule has 1 aliphatic carbocycles. The molecule has 1 aromatic heterocycles. The number of nitrogens with zero attached hydrogens (tertiary/aromatic N) is 1. The summed E-state index contributed by atoms with van der Waals surface area (Å²) >= 11 is 0. The molecule has 0 unspecified atom stereocenters. The van der Waals surface area contributed by atoms with E-state index in [1.807, 2.05) is 31.2 Å². The van der Waals surface area contributed by atoms with Crippen LogP contribution in [0.2, 0.25) is 0 Å². The van der Waals surface area contributed by atoms with Crippen molar-refractivity contribution in [2.45, 2.75) is 55.0 Å². The Balaban J connectivity index is 1.78. The maximum atomic E-state index is 13.2. The second kappa shape index (κ2) is 7.80. The molecule has 1 N–H and O–H groups in total. The molecular weight excluding hydrogens is 372 g/mol. The van der Waals surface area contributed by atoms with E-state index in [4.69, 9.17) is 4.42 Å². The van der Waals surface area contributed by atoms with Crippen LogP contribution in [0.4, 0.5) is 5.88 Å². The molecule has 0 atom stereocenters. The number of hydrogen-bond donors (Lipinski definition) is 1. The lowest BCUT2D eigenvalue weighted by molar-refractivity contribution is 0.450. The van der Waals surface area contributed by atoms with Crippen LogP contribution in [0, 0.1) is 6.92 Å². The first-order valence-electron chi connectivity index (χ1n) is 9.68. The molecule has 3 aromatic rings. The van der Waals surface area contributed by atoms with Crippen LogP contribution < -0.4 is 5.32 Å². The minimum Gasteiger partial charge on any atom is -0.419 e. The number of hydrogen-bond acceptors (Lipinski definition) is 5. The summed E-state index contributed by atoms with van der Waals surface area (Å²) in [6.07, 6.45) is 5.50. The molecule has 146 valence electrons. The molecule has 0 bridgehead atoms. The van der Waals surface area contributed by atoms with Crippen LogP contribution in [0.25, 0.3) is 11.5 Å². The maximum absolute atomic E-state index is 13.2. The summed E-state index contributed by atoms with van der Waals surface area (Å²) in [7, 11) is -3.79. The van der Waals surface area contributed by atoms with Crippen LogP contribution in [0.15, 0.2) is 68.9 Å². The van der Waals surface area contributed by atoms with E-state index in [0.717, 1.165) is 36.8 Å². The Labute approximate surface area is 165 Å². The lowest BCUT2D eigenvalue weighted by atomic mass is 9.96. The van der Waals surface area contributed by atoms with E-state index in [0.29, 0.717) is 5.89 Å². The van der Waals surface area contributed by atoms with Gasteiger partial charge in [0.15, 0.2) is 0 Å². The quantitative estimate of drug-likeness (QED) is 0.639. The van der Waals surface area contributed by atoms with E-state index in [9.17, 15) is 8.42 Å². The van der Waals surface area contributed by atoms with Crippen molar-refractivity contribution in [2.75, 3.05) is 5.32 Å². The summed E-state index contributed by atoms with van der Waals surface area (Å²) in [6.45, 7) is 1.98. The number of nitrogens with one attached hydrogen (secondary N) is 1. The maximum Gasteiger partial charge on any atom is 0.234 e. The van der Waals surface area contributed by atoms with Crippen LogP contribution in [0.1, 0.15) is 37.7 Å². The van der Waals surface area contributed by atoms with Crippen molar-refractivity contribution in [2.24, 2.45) is 0 Å². The standard InChI is InChI=1S/C22H24N2O3S/c1-16-9-8-10-17(15-16)20-24-22(28(25,26)19-13-6-3-7-14-19)21(27-20)23-18-11-4-2-5-12-18/h3,6-10,13-15,18,23H,2,4-5,11-12H2,1H3. The smallest absolute Gasteiger partial charge is 0.234 e. The fourth-order valence-corrected chi connectivity index (χ4v) is 4.91. The van der Waals surface area contributed by atoms with E-state index < -0.39 is 9.84 Å². The molecule has 5 nitrogen and oxygen atoms in total. The molecule has 2 aromatic carbocycles. The largest absolute Gasteiger partial charge is 0.419 e. The summed E-state index contributed by atoms with van der Waals surface area (Å²) < 4.78 is 32.5. The van der Waals surface area contributed by atoms with Crippen LogP contribution >= 0.6 is 0 Å². The average molecular weight is 397 g/mol. The van der Waals surface area contributed by atoms with E-state index in [1.54, 1.807) is 30.3 Å². The van der Waals surface area contributed by atoms with E-state index in [1.165, 1.54) is 6.42 Å². The third-order valence-electron chi connectivity index (χ3n) is 5.11. The minimum absolute atomic E-state index is 0.0409. The first kappa shape index (κ1) is 18.7. The fraction of sp³-hybridized carbons (Fsp3) is 0.318. The number of anilines is 1. The highest BCUT2D eigenvalue weighted by Crippen LogP contribution is 2.34. The lowest BCUT2D eigenvalue weighted by Gasteiger charge is -2.22. The van der Waals surface area contributed by atoms with Gasteiger partial charge in [-0.15, -0.1) is 0 Å². The van der Waals surface area contributed by atoms with E-state index in [-0.39, 0.29) is 21.8 Å². The molecule has 4 rings (SSSR count). The summed E-state index contributed by atoms with van der Waals surface area (Å²) in [6, 6.07) is 16.3. The van der Waals surface area contributed by atoms with Gasteiger partial charge in [0.1, 0.15) is 0 Å². The third kappa shape index (κ3) is 3.83. The fourth-order valence-electron chi connectivity index (χ4n) is 3.62. The Morgan fingerprint density at radius 2 is 1.75 bits per heavy atom. The van der Waals surface area contributed by atoms with Crippen LogP contribution in [0.3, 0.4) is 0 Å². The highest BCUT2D eigenvalue weighted by molar-refractivity contribution is 7.91. The van der Waals surface area contributed by atoms with E-state index >= 15 is 0 Å². The van der Waals surface area contributed by atoms with Crippen molar-refractivity contribution in [1.29, 1.82) is 0 Å². The third-order valence-corrected chi connectivity index (χ3v) is 6.79. The molecule has 6 heteroatoms. The highest BCUT2D eigenvalue weighted by Gasteiger charge is 2.30. The minimum atomic E-state index is -3.79. The van der Waals surface area contributed by atoms with Crippen molar-refractivity contribution in [3.63, 3.8) is 0 Å². The van der Waals surface area contributed by atoms with Gasteiger partial charge in [-0.05, 0) is 44.0 Å². The van der Waals surface area contributed by atoms with Gasteiger partial charge in [-0.1, -0.05) is 55.2 Å². The van der Waals surface area contributed by atoms with Crippen molar-refractivity contribution < 1.29 is 12.8 Å². The SMILES string of the molecule is Cc1cccc(-c2nc(S(=O)(=O)c3ccccc3)c(NC3CCCCC3)o2)c1. The number of oxazole rings is 1. The van der Waals surface area contributed by atoms with Crippen LogP contribution in [-0.2, 0) is 9.84 Å². The zero-order valence-corrected chi connectivity index (χ0v) is 16.7. The molecule has 0 amide bonds. The zero-order valence-electron chi connectivity index (χ0n) is 15.9. The normalized spacial score (nSPS) is 15.5. The number of sulfone groups is 1. The topological polar surface area (TPSA) is 72.2 Å².